The van der Waals surface area contributed by atoms with Crippen molar-refractivity contribution in [2.75, 3.05) is 0 Å². The highest BCUT2D eigenvalue weighted by Crippen LogP contribution is 2.35. The van der Waals surface area contributed by atoms with Crippen molar-refractivity contribution in [1.82, 2.24) is 5.32 Å². The maximum atomic E-state index is 12.2. The molecule has 3 rings (SSSR count). The van der Waals surface area contributed by atoms with Crippen LogP contribution in [0.1, 0.15) is 37.1 Å². The number of hydrogen-bond donors (Lipinski definition) is 2. The highest BCUT2D eigenvalue weighted by molar-refractivity contribution is 5.87. The number of aliphatic carboxylic acids is 1. The zero-order valence-electron chi connectivity index (χ0n) is 12.6. The Morgan fingerprint density at radius 1 is 1.27 bits per heavy atom. The maximum Gasteiger partial charge on any atom is 0.307 e. The molecule has 0 spiro atoms. The first-order chi connectivity index (χ1) is 10.5. The summed E-state index contributed by atoms with van der Waals surface area (Å²) >= 11 is 0. The fourth-order valence-electron chi connectivity index (χ4n) is 3.10. The number of carboxylic acids is 1. The van der Waals surface area contributed by atoms with Crippen molar-refractivity contribution in [1.29, 1.82) is 0 Å². The Balaban J connectivity index is 1.76. The third-order valence-corrected chi connectivity index (χ3v) is 4.56. The van der Waals surface area contributed by atoms with Crippen molar-refractivity contribution in [3.8, 4) is 0 Å². The predicted octanol–water partition coefficient (Wildman–Crippen LogP) is 3.03. The van der Waals surface area contributed by atoms with Crippen LogP contribution in [0, 0.1) is 18.8 Å². The number of aryl methyl sites for hydroxylation is 1. The van der Waals surface area contributed by atoms with Gasteiger partial charge in [0, 0.05) is 10.9 Å². The number of fused-ring (bicyclic) bond motifs is 1. The lowest BCUT2D eigenvalue weighted by molar-refractivity contribution is -0.153. The zero-order valence-corrected chi connectivity index (χ0v) is 12.6. The Hall–Kier alpha value is -2.30. The van der Waals surface area contributed by atoms with E-state index in [9.17, 15) is 9.59 Å². The average molecular weight is 301 g/mol. The quantitative estimate of drug-likeness (QED) is 0.909. The summed E-state index contributed by atoms with van der Waals surface area (Å²) in [5, 5.41) is 13.0. The van der Waals surface area contributed by atoms with Crippen LogP contribution in [0.3, 0.4) is 0 Å². The van der Waals surface area contributed by atoms with Crippen LogP contribution in [0.15, 0.2) is 28.7 Å². The molecule has 5 nitrogen and oxygen atoms in total. The number of hydrogen-bond acceptors (Lipinski definition) is 3. The number of nitrogens with one attached hydrogen (secondary N) is 1. The van der Waals surface area contributed by atoms with Crippen molar-refractivity contribution in [3.63, 3.8) is 0 Å². The van der Waals surface area contributed by atoms with Gasteiger partial charge in [0.1, 0.15) is 11.3 Å². The summed E-state index contributed by atoms with van der Waals surface area (Å²) in [6, 6.07) is 7.45. The Labute approximate surface area is 128 Å². The average Bonchev–Trinajstić information content (AvgIpc) is 2.74. The van der Waals surface area contributed by atoms with Gasteiger partial charge in [0.25, 0.3) is 0 Å². The lowest BCUT2D eigenvalue weighted by Gasteiger charge is -2.32. The van der Waals surface area contributed by atoms with Gasteiger partial charge in [0.2, 0.25) is 5.91 Å². The first-order valence-corrected chi connectivity index (χ1v) is 7.50. The molecule has 116 valence electrons. The summed E-state index contributed by atoms with van der Waals surface area (Å²) in [6.45, 7) is 3.82. The predicted molar refractivity (Wildman–Crippen MR) is 81.4 cm³/mol. The van der Waals surface area contributed by atoms with E-state index in [1.54, 1.807) is 0 Å². The van der Waals surface area contributed by atoms with Gasteiger partial charge in [-0.3, -0.25) is 9.59 Å². The van der Waals surface area contributed by atoms with Gasteiger partial charge in [0.15, 0.2) is 0 Å². The van der Waals surface area contributed by atoms with E-state index in [-0.39, 0.29) is 11.9 Å². The molecule has 0 saturated heterocycles. The topological polar surface area (TPSA) is 79.5 Å². The minimum absolute atomic E-state index is 0.203. The summed E-state index contributed by atoms with van der Waals surface area (Å²) in [5.41, 5.74) is 1.80. The maximum absolute atomic E-state index is 12.2. The van der Waals surface area contributed by atoms with Crippen LogP contribution in [0.25, 0.3) is 11.0 Å². The molecule has 1 saturated carbocycles. The van der Waals surface area contributed by atoms with Gasteiger partial charge >= 0.3 is 5.97 Å². The number of amides is 1. The van der Waals surface area contributed by atoms with Gasteiger partial charge in [-0.25, -0.2) is 0 Å². The molecule has 2 N–H and O–H groups in total. The molecule has 0 aliphatic heterocycles. The van der Waals surface area contributed by atoms with Crippen LogP contribution in [-0.2, 0) is 9.59 Å². The minimum atomic E-state index is -0.890. The minimum Gasteiger partial charge on any atom is -0.481 e. The Kier molecular flexibility index (Phi) is 3.64. The van der Waals surface area contributed by atoms with Crippen molar-refractivity contribution in [2.24, 2.45) is 11.8 Å². The molecule has 1 aromatic heterocycles. The van der Waals surface area contributed by atoms with Gasteiger partial charge in [-0.2, -0.15) is 0 Å². The van der Waals surface area contributed by atoms with E-state index >= 15 is 0 Å². The van der Waals surface area contributed by atoms with Gasteiger partial charge < -0.3 is 14.8 Å². The van der Waals surface area contributed by atoms with Crippen molar-refractivity contribution in [3.05, 3.63) is 35.6 Å². The third-order valence-electron chi connectivity index (χ3n) is 4.56. The standard InChI is InChI=1S/C17H19NO4/c1-9-11-5-3-4-6-14(11)22-15(9)10(2)18-16(19)12-7-8-13(12)17(20)21/h3-6,10,12-13H,7-8H2,1-2H3,(H,18,19)(H,20,21)/t10-,12?,13?/m1/s1. The van der Waals surface area contributed by atoms with Crippen LogP contribution < -0.4 is 5.32 Å². The van der Waals surface area contributed by atoms with E-state index in [0.29, 0.717) is 12.8 Å². The summed E-state index contributed by atoms with van der Waals surface area (Å²) in [7, 11) is 0. The van der Waals surface area contributed by atoms with Crippen LogP contribution in [0.4, 0.5) is 0 Å². The molecule has 1 aromatic carbocycles. The lowest BCUT2D eigenvalue weighted by atomic mass is 9.73. The molecule has 1 fully saturated rings. The van der Waals surface area contributed by atoms with E-state index in [4.69, 9.17) is 9.52 Å². The van der Waals surface area contributed by atoms with E-state index in [0.717, 1.165) is 22.3 Å². The molecule has 1 amide bonds. The van der Waals surface area contributed by atoms with Gasteiger partial charge in [-0.1, -0.05) is 18.2 Å². The SMILES string of the molecule is Cc1c([C@@H](C)NC(=O)C2CCC2C(=O)O)oc2ccccc12. The van der Waals surface area contributed by atoms with Crippen molar-refractivity contribution < 1.29 is 19.1 Å². The van der Waals surface area contributed by atoms with Gasteiger partial charge in [-0.05, 0) is 32.8 Å². The second-order valence-electron chi connectivity index (χ2n) is 5.95. The molecular formula is C17H19NO4. The third kappa shape index (κ3) is 2.36. The molecule has 22 heavy (non-hydrogen) atoms. The number of carboxylic acid groups (broad SMARTS) is 1. The highest BCUT2D eigenvalue weighted by Gasteiger charge is 2.41. The Bertz CT molecular complexity index is 733. The van der Waals surface area contributed by atoms with E-state index in [2.05, 4.69) is 5.32 Å². The normalized spacial score (nSPS) is 22.1. The molecule has 0 radical (unpaired) electrons. The summed E-state index contributed by atoms with van der Waals surface area (Å²) in [4.78, 5) is 23.3. The summed E-state index contributed by atoms with van der Waals surface area (Å²) in [6.07, 6.45) is 1.21. The number of para-hydroxylation sites is 1. The number of furan rings is 1. The molecule has 1 aliphatic carbocycles. The molecule has 0 bridgehead atoms. The smallest absolute Gasteiger partial charge is 0.307 e. The second-order valence-corrected chi connectivity index (χ2v) is 5.95. The summed E-state index contributed by atoms with van der Waals surface area (Å²) < 4.78 is 5.84. The molecule has 3 atom stereocenters. The van der Waals surface area contributed by atoms with E-state index in [1.165, 1.54) is 0 Å². The monoisotopic (exact) mass is 301 g/mol. The Morgan fingerprint density at radius 3 is 2.55 bits per heavy atom. The molecular weight excluding hydrogens is 282 g/mol. The number of rotatable bonds is 4. The first-order valence-electron chi connectivity index (χ1n) is 7.50. The van der Waals surface area contributed by atoms with Crippen LogP contribution >= 0.6 is 0 Å². The van der Waals surface area contributed by atoms with Crippen molar-refractivity contribution >= 4 is 22.8 Å². The number of carbonyl (C=O) groups is 2. The fourth-order valence-corrected chi connectivity index (χ4v) is 3.10. The molecule has 1 heterocycles. The van der Waals surface area contributed by atoms with E-state index in [1.807, 2.05) is 38.1 Å². The van der Waals surface area contributed by atoms with Gasteiger partial charge in [-0.15, -0.1) is 0 Å². The molecule has 2 aromatic rings. The van der Waals surface area contributed by atoms with E-state index < -0.39 is 17.8 Å². The van der Waals surface area contributed by atoms with Crippen LogP contribution in [0.5, 0.6) is 0 Å². The largest absolute Gasteiger partial charge is 0.481 e. The zero-order chi connectivity index (χ0) is 15.9. The molecule has 5 heteroatoms. The lowest BCUT2D eigenvalue weighted by Crippen LogP contribution is -2.44. The second kappa shape index (κ2) is 5.48. The molecule has 1 aliphatic rings. The Morgan fingerprint density at radius 2 is 1.95 bits per heavy atom. The van der Waals surface area contributed by atoms with Crippen molar-refractivity contribution in [2.45, 2.75) is 32.7 Å². The fraction of sp³-hybridized carbons (Fsp3) is 0.412. The van der Waals surface area contributed by atoms with Crippen LogP contribution in [0.2, 0.25) is 0 Å². The first kappa shape index (κ1) is 14.6. The highest BCUT2D eigenvalue weighted by atomic mass is 16.4. The number of benzene rings is 1. The van der Waals surface area contributed by atoms with Gasteiger partial charge in [0.05, 0.1) is 17.9 Å². The van der Waals surface area contributed by atoms with Crippen LogP contribution in [-0.4, -0.2) is 17.0 Å². The number of carbonyl (C=O) groups excluding carboxylic acids is 1. The summed E-state index contributed by atoms with van der Waals surface area (Å²) in [5.74, 6) is -1.35. The molecule has 2 unspecified atom stereocenters.